The summed E-state index contributed by atoms with van der Waals surface area (Å²) in [5.41, 5.74) is 1.02. The molecule has 1 fully saturated rings. The molecular weight excluding hydrogens is 308 g/mol. The van der Waals surface area contributed by atoms with Crippen LogP contribution < -0.4 is 10.1 Å². The molecule has 1 saturated heterocycles. The maximum atomic E-state index is 12.1. The zero-order valence-corrected chi connectivity index (χ0v) is 14.4. The molecule has 1 aliphatic rings. The summed E-state index contributed by atoms with van der Waals surface area (Å²) in [4.78, 5) is 26.0. The van der Waals surface area contributed by atoms with Crippen LogP contribution in [0.2, 0.25) is 0 Å². The van der Waals surface area contributed by atoms with Crippen LogP contribution in [0.3, 0.4) is 0 Å². The number of likely N-dealkylation sites (tertiary alicyclic amines) is 1. The molecule has 0 unspecified atom stereocenters. The largest absolute Gasteiger partial charge is 0.497 e. The summed E-state index contributed by atoms with van der Waals surface area (Å²) in [6.45, 7) is 4.44. The lowest BCUT2D eigenvalue weighted by Gasteiger charge is -2.30. The Kier molecular flexibility index (Phi) is 7.06. The molecule has 24 heavy (non-hydrogen) atoms. The molecule has 6 nitrogen and oxygen atoms in total. The van der Waals surface area contributed by atoms with Gasteiger partial charge in [-0.1, -0.05) is 12.1 Å². The van der Waals surface area contributed by atoms with E-state index in [1.807, 2.05) is 36.1 Å². The second kappa shape index (κ2) is 9.27. The van der Waals surface area contributed by atoms with E-state index in [4.69, 9.17) is 9.47 Å². The number of carbonyl (C=O) groups is 2. The van der Waals surface area contributed by atoms with Gasteiger partial charge >= 0.3 is 5.97 Å². The summed E-state index contributed by atoms with van der Waals surface area (Å²) < 4.78 is 10.2. The number of rotatable bonds is 7. The molecule has 0 saturated carbocycles. The molecule has 0 spiro atoms. The Morgan fingerprint density at radius 1 is 1.29 bits per heavy atom. The van der Waals surface area contributed by atoms with Crippen molar-refractivity contribution in [3.63, 3.8) is 0 Å². The molecule has 1 aromatic rings. The van der Waals surface area contributed by atoms with E-state index < -0.39 is 0 Å². The number of nitrogens with zero attached hydrogens (tertiary/aromatic N) is 1. The van der Waals surface area contributed by atoms with Gasteiger partial charge in [-0.2, -0.15) is 0 Å². The Morgan fingerprint density at radius 3 is 2.71 bits per heavy atom. The summed E-state index contributed by atoms with van der Waals surface area (Å²) in [5, 5.41) is 2.92. The van der Waals surface area contributed by atoms with Crippen LogP contribution in [-0.4, -0.2) is 50.1 Å². The Labute approximate surface area is 143 Å². The highest BCUT2D eigenvalue weighted by molar-refractivity contribution is 5.78. The molecule has 1 aliphatic heterocycles. The summed E-state index contributed by atoms with van der Waals surface area (Å²) >= 11 is 0. The first-order valence-electron chi connectivity index (χ1n) is 8.41. The lowest BCUT2D eigenvalue weighted by atomic mass is 9.98. The second-order valence-corrected chi connectivity index (χ2v) is 5.95. The fourth-order valence-corrected chi connectivity index (χ4v) is 2.85. The van der Waals surface area contributed by atoms with E-state index in [1.165, 1.54) is 0 Å². The van der Waals surface area contributed by atoms with Crippen molar-refractivity contribution in [2.45, 2.75) is 26.3 Å². The predicted molar refractivity (Wildman–Crippen MR) is 90.6 cm³/mol. The SMILES string of the molecule is CCOC(=O)[C@H]1CCCN(CC(=O)NCc2ccc(OC)cc2)C1. The molecule has 1 heterocycles. The topological polar surface area (TPSA) is 67.9 Å². The summed E-state index contributed by atoms with van der Waals surface area (Å²) in [6, 6.07) is 7.60. The minimum absolute atomic E-state index is 0.0321. The number of hydrogen-bond donors (Lipinski definition) is 1. The zero-order valence-electron chi connectivity index (χ0n) is 14.4. The van der Waals surface area contributed by atoms with Crippen molar-refractivity contribution in [2.75, 3.05) is 33.4 Å². The van der Waals surface area contributed by atoms with Crippen molar-refractivity contribution in [1.29, 1.82) is 0 Å². The van der Waals surface area contributed by atoms with E-state index in [2.05, 4.69) is 5.32 Å². The van der Waals surface area contributed by atoms with Crippen molar-refractivity contribution in [2.24, 2.45) is 5.92 Å². The number of carbonyl (C=O) groups excluding carboxylic acids is 2. The molecule has 6 heteroatoms. The Hall–Kier alpha value is -2.08. The van der Waals surface area contributed by atoms with Crippen molar-refractivity contribution in [3.05, 3.63) is 29.8 Å². The first kappa shape index (κ1) is 18.3. The Bertz CT molecular complexity index is 544. The average molecular weight is 334 g/mol. The Balaban J connectivity index is 1.75. The smallest absolute Gasteiger partial charge is 0.310 e. The monoisotopic (exact) mass is 334 g/mol. The van der Waals surface area contributed by atoms with E-state index in [0.717, 1.165) is 30.7 Å². The van der Waals surface area contributed by atoms with Gasteiger partial charge in [0.05, 0.1) is 26.2 Å². The van der Waals surface area contributed by atoms with E-state index in [1.54, 1.807) is 7.11 Å². The third-order valence-corrected chi connectivity index (χ3v) is 4.14. The van der Waals surface area contributed by atoms with Crippen LogP contribution in [0.25, 0.3) is 0 Å². The van der Waals surface area contributed by atoms with Crippen molar-refractivity contribution in [1.82, 2.24) is 10.2 Å². The van der Waals surface area contributed by atoms with Crippen LogP contribution in [-0.2, 0) is 20.9 Å². The fraction of sp³-hybridized carbons (Fsp3) is 0.556. The highest BCUT2D eigenvalue weighted by atomic mass is 16.5. The normalized spacial score (nSPS) is 18.0. The van der Waals surface area contributed by atoms with Crippen LogP contribution >= 0.6 is 0 Å². The van der Waals surface area contributed by atoms with E-state index in [9.17, 15) is 9.59 Å². The van der Waals surface area contributed by atoms with Gasteiger partial charge in [0.2, 0.25) is 5.91 Å². The maximum absolute atomic E-state index is 12.1. The van der Waals surface area contributed by atoms with Crippen LogP contribution in [0.15, 0.2) is 24.3 Å². The number of methoxy groups -OCH3 is 1. The standard InChI is InChI=1S/C18H26N2O4/c1-3-24-18(22)15-5-4-10-20(12-15)13-17(21)19-11-14-6-8-16(23-2)9-7-14/h6-9,15H,3-5,10-13H2,1-2H3,(H,19,21)/t15-/m0/s1. The first-order chi connectivity index (χ1) is 11.6. The maximum Gasteiger partial charge on any atom is 0.310 e. The minimum Gasteiger partial charge on any atom is -0.497 e. The quantitative estimate of drug-likeness (QED) is 0.767. The van der Waals surface area contributed by atoms with Crippen LogP contribution in [0, 0.1) is 5.92 Å². The fourth-order valence-electron chi connectivity index (χ4n) is 2.85. The van der Waals surface area contributed by atoms with Crippen LogP contribution in [0.4, 0.5) is 0 Å². The van der Waals surface area contributed by atoms with Crippen LogP contribution in [0.5, 0.6) is 5.75 Å². The summed E-state index contributed by atoms with van der Waals surface area (Å²) in [6.07, 6.45) is 1.75. The Morgan fingerprint density at radius 2 is 2.04 bits per heavy atom. The average Bonchev–Trinajstić information content (AvgIpc) is 2.61. The molecule has 1 amide bonds. The third kappa shape index (κ3) is 5.53. The lowest BCUT2D eigenvalue weighted by molar-refractivity contribution is -0.150. The minimum atomic E-state index is -0.152. The van der Waals surface area contributed by atoms with Gasteiger partial charge in [0, 0.05) is 13.1 Å². The summed E-state index contributed by atoms with van der Waals surface area (Å²) in [5.74, 6) is 0.493. The molecule has 0 aromatic heterocycles. The number of esters is 1. The molecule has 0 radical (unpaired) electrons. The van der Waals surface area contributed by atoms with Crippen molar-refractivity contribution < 1.29 is 19.1 Å². The first-order valence-corrected chi connectivity index (χ1v) is 8.41. The van der Waals surface area contributed by atoms with E-state index in [0.29, 0.717) is 26.2 Å². The molecule has 1 atom stereocenters. The molecule has 132 valence electrons. The third-order valence-electron chi connectivity index (χ3n) is 4.14. The molecule has 1 N–H and O–H groups in total. The lowest BCUT2D eigenvalue weighted by Crippen LogP contribution is -2.44. The molecular formula is C18H26N2O4. The van der Waals surface area contributed by atoms with E-state index >= 15 is 0 Å². The van der Waals surface area contributed by atoms with Gasteiger partial charge in [0.25, 0.3) is 0 Å². The van der Waals surface area contributed by atoms with Gasteiger partial charge in [0.1, 0.15) is 5.75 Å². The van der Waals surface area contributed by atoms with Crippen molar-refractivity contribution >= 4 is 11.9 Å². The second-order valence-electron chi connectivity index (χ2n) is 5.95. The zero-order chi connectivity index (χ0) is 17.4. The van der Waals surface area contributed by atoms with Gasteiger partial charge in [-0.05, 0) is 44.0 Å². The number of benzene rings is 1. The van der Waals surface area contributed by atoms with Gasteiger partial charge in [-0.15, -0.1) is 0 Å². The highest BCUT2D eigenvalue weighted by Gasteiger charge is 2.27. The summed E-state index contributed by atoms with van der Waals surface area (Å²) in [7, 11) is 1.62. The van der Waals surface area contributed by atoms with E-state index in [-0.39, 0.29) is 17.8 Å². The number of piperidine rings is 1. The van der Waals surface area contributed by atoms with Crippen molar-refractivity contribution in [3.8, 4) is 5.75 Å². The highest BCUT2D eigenvalue weighted by Crippen LogP contribution is 2.17. The van der Waals surface area contributed by atoms with Gasteiger partial charge in [0.15, 0.2) is 0 Å². The number of hydrogen-bond acceptors (Lipinski definition) is 5. The molecule has 2 rings (SSSR count). The number of ether oxygens (including phenoxy) is 2. The van der Waals surface area contributed by atoms with Gasteiger partial charge in [-0.25, -0.2) is 0 Å². The van der Waals surface area contributed by atoms with Gasteiger partial charge < -0.3 is 14.8 Å². The van der Waals surface area contributed by atoms with Gasteiger partial charge in [-0.3, -0.25) is 14.5 Å². The number of amides is 1. The molecule has 0 bridgehead atoms. The number of nitrogens with one attached hydrogen (secondary N) is 1. The molecule has 0 aliphatic carbocycles. The molecule has 1 aromatic carbocycles. The van der Waals surface area contributed by atoms with Crippen LogP contribution in [0.1, 0.15) is 25.3 Å². The predicted octanol–water partition coefficient (Wildman–Crippen LogP) is 1.59.